The lowest BCUT2D eigenvalue weighted by Gasteiger charge is -2.23. The average Bonchev–Trinajstić information content (AvgIpc) is 2.97. The normalized spacial score (nSPS) is 12.0. The Morgan fingerprint density at radius 3 is 2.10 bits per heavy atom. The van der Waals surface area contributed by atoms with E-state index in [4.69, 9.17) is 17.2 Å². The molecule has 12 heteroatoms. The van der Waals surface area contributed by atoms with Crippen molar-refractivity contribution >= 4 is 29.7 Å². The number of carboxylic acids is 1. The summed E-state index contributed by atoms with van der Waals surface area (Å²) >= 11 is 0. The van der Waals surface area contributed by atoms with E-state index in [-0.39, 0.29) is 31.1 Å². The van der Waals surface area contributed by atoms with Crippen molar-refractivity contribution in [2.24, 2.45) is 22.2 Å². The molecule has 0 unspecified atom stereocenters. The third-order valence-electron chi connectivity index (χ3n) is 6.48. The zero-order valence-corrected chi connectivity index (χ0v) is 23.9. The molecule has 3 amide bonds. The Bertz CT molecular complexity index is 1170. The summed E-state index contributed by atoms with van der Waals surface area (Å²) in [6.45, 7) is 1.25. The lowest BCUT2D eigenvalue weighted by atomic mass is 10.0. The fourth-order valence-electron chi connectivity index (χ4n) is 4.23. The van der Waals surface area contributed by atoms with Crippen LogP contribution >= 0.6 is 0 Å². The third-order valence-corrected chi connectivity index (χ3v) is 6.48. The van der Waals surface area contributed by atoms with Gasteiger partial charge in [-0.05, 0) is 61.8 Å². The summed E-state index contributed by atoms with van der Waals surface area (Å²) in [4.78, 5) is 54.1. The number of hydrogen-bond donors (Lipinski definition) is 7. The van der Waals surface area contributed by atoms with Gasteiger partial charge in [-0.1, -0.05) is 54.6 Å². The maximum absolute atomic E-state index is 13.2. The Kier molecular flexibility index (Phi) is 15.1. The number of nitrogens with two attached hydrogens (primary N) is 3. The SMILES string of the molecule is NCCCC[C@H](NC(=O)[C@H](CCC(=O)O)NC(=O)Cc1ccc(-c2ccccc2)cc1)C(=O)NCCCCN=C(N)N. The summed E-state index contributed by atoms with van der Waals surface area (Å²) in [6.07, 6.45) is 2.47. The Labute approximate surface area is 246 Å². The van der Waals surface area contributed by atoms with E-state index in [1.807, 2.05) is 54.6 Å². The van der Waals surface area contributed by atoms with Crippen molar-refractivity contribution in [1.29, 1.82) is 0 Å². The van der Waals surface area contributed by atoms with Gasteiger partial charge in [-0.3, -0.25) is 24.2 Å². The predicted molar refractivity (Wildman–Crippen MR) is 162 cm³/mol. The van der Waals surface area contributed by atoms with E-state index >= 15 is 0 Å². The standard InChI is InChI=1S/C30H43N7O5/c31-17-5-4-10-24(28(41)34-18-6-7-19-35-30(32)33)37-29(42)25(15-16-27(39)40)36-26(38)20-21-11-13-23(14-12-21)22-8-2-1-3-9-22/h1-3,8-9,11-14,24-25H,4-7,10,15-20,31H2,(H,34,41)(H,36,38)(H,37,42)(H,39,40)(H4,32,33,35)/t24-,25-/m0/s1. The van der Waals surface area contributed by atoms with Gasteiger partial charge in [0, 0.05) is 19.5 Å². The van der Waals surface area contributed by atoms with Crippen molar-refractivity contribution in [3.63, 3.8) is 0 Å². The topological polar surface area (TPSA) is 215 Å². The highest BCUT2D eigenvalue weighted by Gasteiger charge is 2.27. The highest BCUT2D eigenvalue weighted by Crippen LogP contribution is 2.19. The zero-order chi connectivity index (χ0) is 30.7. The van der Waals surface area contributed by atoms with Crippen molar-refractivity contribution < 1.29 is 24.3 Å². The lowest BCUT2D eigenvalue weighted by molar-refractivity contribution is -0.138. The molecule has 42 heavy (non-hydrogen) atoms. The van der Waals surface area contributed by atoms with Crippen molar-refractivity contribution in [2.45, 2.75) is 63.5 Å². The number of guanidine groups is 1. The van der Waals surface area contributed by atoms with Gasteiger partial charge in [0.25, 0.3) is 0 Å². The number of carbonyl (C=O) groups excluding carboxylic acids is 3. The molecule has 0 bridgehead atoms. The van der Waals surface area contributed by atoms with Crippen molar-refractivity contribution in [1.82, 2.24) is 16.0 Å². The molecule has 0 aromatic heterocycles. The highest BCUT2D eigenvalue weighted by molar-refractivity contribution is 5.92. The van der Waals surface area contributed by atoms with Gasteiger partial charge in [-0.2, -0.15) is 0 Å². The molecule has 2 atom stereocenters. The fourth-order valence-corrected chi connectivity index (χ4v) is 4.23. The minimum Gasteiger partial charge on any atom is -0.481 e. The van der Waals surface area contributed by atoms with Gasteiger partial charge in [-0.25, -0.2) is 0 Å². The number of nitrogens with one attached hydrogen (secondary N) is 3. The van der Waals surface area contributed by atoms with Crippen LogP contribution in [0.1, 0.15) is 50.5 Å². The molecule has 10 N–H and O–H groups in total. The molecule has 2 aromatic rings. The lowest BCUT2D eigenvalue weighted by Crippen LogP contribution is -2.54. The molecule has 0 aliphatic carbocycles. The van der Waals surface area contributed by atoms with Gasteiger partial charge in [0.2, 0.25) is 17.7 Å². The van der Waals surface area contributed by atoms with Gasteiger partial charge in [0.15, 0.2) is 5.96 Å². The van der Waals surface area contributed by atoms with E-state index in [0.29, 0.717) is 51.7 Å². The van der Waals surface area contributed by atoms with Crippen LogP contribution in [0.5, 0.6) is 0 Å². The van der Waals surface area contributed by atoms with Gasteiger partial charge >= 0.3 is 5.97 Å². The first-order valence-electron chi connectivity index (χ1n) is 14.2. The molecule has 0 saturated carbocycles. The molecule has 0 saturated heterocycles. The van der Waals surface area contributed by atoms with Crippen LogP contribution in [0.25, 0.3) is 11.1 Å². The minimum absolute atomic E-state index is 0.00614. The summed E-state index contributed by atoms with van der Waals surface area (Å²) < 4.78 is 0. The molecule has 0 aliphatic heterocycles. The van der Waals surface area contributed by atoms with Crippen LogP contribution in [0.3, 0.4) is 0 Å². The van der Waals surface area contributed by atoms with Gasteiger partial charge in [-0.15, -0.1) is 0 Å². The number of aliphatic imine (C=N–C) groups is 1. The molecular formula is C30H43N7O5. The summed E-state index contributed by atoms with van der Waals surface area (Å²) in [5.74, 6) is -2.52. The molecule has 12 nitrogen and oxygen atoms in total. The number of unbranched alkanes of at least 4 members (excludes halogenated alkanes) is 2. The largest absolute Gasteiger partial charge is 0.481 e. The van der Waals surface area contributed by atoms with E-state index in [9.17, 15) is 24.3 Å². The van der Waals surface area contributed by atoms with Crippen LogP contribution < -0.4 is 33.2 Å². The Balaban J connectivity index is 2.01. The van der Waals surface area contributed by atoms with Crippen molar-refractivity contribution in [3.05, 3.63) is 60.2 Å². The molecule has 228 valence electrons. The number of hydrogen-bond acceptors (Lipinski definition) is 6. The van der Waals surface area contributed by atoms with E-state index in [1.165, 1.54) is 0 Å². The van der Waals surface area contributed by atoms with Crippen LogP contribution in [0.2, 0.25) is 0 Å². The maximum atomic E-state index is 13.2. The maximum Gasteiger partial charge on any atom is 0.303 e. The summed E-state index contributed by atoms with van der Waals surface area (Å²) in [6, 6.07) is 15.3. The van der Waals surface area contributed by atoms with E-state index in [0.717, 1.165) is 16.7 Å². The average molecular weight is 582 g/mol. The van der Waals surface area contributed by atoms with Crippen molar-refractivity contribution in [2.75, 3.05) is 19.6 Å². The number of nitrogens with zero attached hydrogens (tertiary/aromatic N) is 1. The number of benzene rings is 2. The number of aliphatic carboxylic acids is 1. The number of carboxylic acid groups (broad SMARTS) is 1. The molecule has 2 aromatic carbocycles. The Morgan fingerprint density at radius 2 is 1.45 bits per heavy atom. The molecule has 0 heterocycles. The quantitative estimate of drug-likeness (QED) is 0.0720. The molecule has 0 fully saturated rings. The number of rotatable bonds is 19. The van der Waals surface area contributed by atoms with Crippen LogP contribution in [0, 0.1) is 0 Å². The van der Waals surface area contributed by atoms with Crippen LogP contribution in [0.4, 0.5) is 0 Å². The molecule has 2 rings (SSSR count). The summed E-state index contributed by atoms with van der Waals surface area (Å²) in [7, 11) is 0. The first-order valence-corrected chi connectivity index (χ1v) is 14.2. The second kappa shape index (κ2) is 18.8. The number of carbonyl (C=O) groups is 4. The van der Waals surface area contributed by atoms with Crippen LogP contribution in [0.15, 0.2) is 59.6 Å². The predicted octanol–water partition coefficient (Wildman–Crippen LogP) is 1.03. The molecule has 0 radical (unpaired) electrons. The first kappa shape index (κ1) is 33.8. The fraction of sp³-hybridized carbons (Fsp3) is 0.433. The summed E-state index contributed by atoms with van der Waals surface area (Å²) in [5.41, 5.74) is 19.0. The first-order chi connectivity index (χ1) is 20.2. The van der Waals surface area contributed by atoms with Crippen molar-refractivity contribution in [3.8, 4) is 11.1 Å². The highest BCUT2D eigenvalue weighted by atomic mass is 16.4. The molecular weight excluding hydrogens is 538 g/mol. The van der Waals surface area contributed by atoms with Gasteiger partial charge < -0.3 is 38.3 Å². The minimum atomic E-state index is -1.12. The van der Waals surface area contributed by atoms with Crippen LogP contribution in [-0.2, 0) is 25.6 Å². The molecule has 0 aliphatic rings. The molecule has 0 spiro atoms. The Morgan fingerprint density at radius 1 is 0.786 bits per heavy atom. The van der Waals surface area contributed by atoms with Gasteiger partial charge in [0.05, 0.1) is 6.42 Å². The Hall–Kier alpha value is -4.45. The van der Waals surface area contributed by atoms with Gasteiger partial charge in [0.1, 0.15) is 12.1 Å². The van der Waals surface area contributed by atoms with E-state index in [1.54, 1.807) is 0 Å². The second-order valence-electron chi connectivity index (χ2n) is 9.94. The van der Waals surface area contributed by atoms with E-state index < -0.39 is 29.9 Å². The van der Waals surface area contributed by atoms with E-state index in [2.05, 4.69) is 20.9 Å². The monoisotopic (exact) mass is 581 g/mol. The smallest absolute Gasteiger partial charge is 0.303 e. The number of amides is 3. The zero-order valence-electron chi connectivity index (χ0n) is 23.9. The third kappa shape index (κ3) is 13.3. The summed E-state index contributed by atoms with van der Waals surface area (Å²) in [5, 5.41) is 17.4. The van der Waals surface area contributed by atoms with Crippen LogP contribution in [-0.4, -0.2) is 66.5 Å². The second-order valence-corrected chi connectivity index (χ2v) is 9.94.